The van der Waals surface area contributed by atoms with E-state index in [4.69, 9.17) is 5.84 Å². The van der Waals surface area contributed by atoms with Crippen LogP contribution >= 0.6 is 38.5 Å². The second-order valence-corrected chi connectivity index (χ2v) is 5.96. The van der Waals surface area contributed by atoms with Crippen LogP contribution < -0.4 is 11.3 Å². The molecule has 0 heterocycles. The predicted molar refractivity (Wildman–Crippen MR) is 81.0 cm³/mol. The summed E-state index contributed by atoms with van der Waals surface area (Å²) in [5.74, 6) is 6.28. The van der Waals surface area contributed by atoms with Crippen molar-refractivity contribution in [1.29, 1.82) is 0 Å². The summed E-state index contributed by atoms with van der Waals surface area (Å²) in [5.41, 5.74) is 4.25. The summed E-state index contributed by atoms with van der Waals surface area (Å²) in [5, 5.41) is 0. The van der Waals surface area contributed by atoms with Crippen LogP contribution in [-0.2, 0) is 0 Å². The highest BCUT2D eigenvalue weighted by molar-refractivity contribution is 14.1. The minimum absolute atomic E-state index is 0.236. The molecule has 0 amide bonds. The van der Waals surface area contributed by atoms with Gasteiger partial charge in [-0.05, 0) is 52.3 Å². The lowest BCUT2D eigenvalue weighted by Gasteiger charge is -2.26. The first-order valence-corrected chi connectivity index (χ1v) is 7.42. The highest BCUT2D eigenvalue weighted by Crippen LogP contribution is 2.31. The van der Waals surface area contributed by atoms with Gasteiger partial charge in [0.2, 0.25) is 0 Å². The molecule has 0 saturated carbocycles. The first kappa shape index (κ1) is 14.4. The molecule has 2 nitrogen and oxygen atoms in total. The highest BCUT2D eigenvalue weighted by atomic mass is 127. The fraction of sp³-hybridized carbons (Fsp3) is 0.500. The Kier molecular flexibility index (Phi) is 6.25. The van der Waals surface area contributed by atoms with Crippen molar-refractivity contribution in [1.82, 2.24) is 5.43 Å². The molecular formula is C12H18BrIN2. The Morgan fingerprint density at radius 1 is 1.38 bits per heavy atom. The van der Waals surface area contributed by atoms with Crippen LogP contribution in [0.5, 0.6) is 0 Å². The van der Waals surface area contributed by atoms with Gasteiger partial charge in [-0.2, -0.15) is 0 Å². The number of benzene rings is 1. The van der Waals surface area contributed by atoms with Crippen molar-refractivity contribution >= 4 is 38.5 Å². The topological polar surface area (TPSA) is 38.0 Å². The van der Waals surface area contributed by atoms with Gasteiger partial charge in [-0.1, -0.05) is 42.6 Å². The second-order valence-electron chi connectivity index (χ2n) is 3.89. The maximum absolute atomic E-state index is 5.71. The highest BCUT2D eigenvalue weighted by Gasteiger charge is 2.21. The molecule has 90 valence electrons. The van der Waals surface area contributed by atoms with Gasteiger partial charge in [0.05, 0.1) is 0 Å². The van der Waals surface area contributed by atoms with Crippen LogP contribution in [0.25, 0.3) is 0 Å². The molecule has 1 aromatic rings. The number of halogens is 2. The van der Waals surface area contributed by atoms with Gasteiger partial charge in [-0.15, -0.1) is 0 Å². The van der Waals surface area contributed by atoms with Crippen LogP contribution in [0.3, 0.4) is 0 Å². The molecule has 4 heteroatoms. The number of rotatable bonds is 5. The Morgan fingerprint density at radius 2 is 2.00 bits per heavy atom. The largest absolute Gasteiger partial charge is 0.271 e. The van der Waals surface area contributed by atoms with Gasteiger partial charge in [0, 0.05) is 14.1 Å². The van der Waals surface area contributed by atoms with Gasteiger partial charge in [-0.3, -0.25) is 11.3 Å². The first-order valence-electron chi connectivity index (χ1n) is 5.55. The van der Waals surface area contributed by atoms with E-state index in [9.17, 15) is 0 Å². The number of hydrogen-bond acceptors (Lipinski definition) is 2. The molecule has 0 aliphatic carbocycles. The maximum Gasteiger partial charge on any atom is 0.0498 e. The van der Waals surface area contributed by atoms with Crippen LogP contribution in [0.15, 0.2) is 22.7 Å². The Morgan fingerprint density at radius 3 is 2.50 bits per heavy atom. The summed E-state index contributed by atoms with van der Waals surface area (Å²) in [6.45, 7) is 4.42. The summed E-state index contributed by atoms with van der Waals surface area (Å²) < 4.78 is 2.37. The lowest BCUT2D eigenvalue weighted by atomic mass is 9.89. The van der Waals surface area contributed by atoms with Crippen molar-refractivity contribution in [3.8, 4) is 0 Å². The fourth-order valence-electron chi connectivity index (χ4n) is 1.99. The Hall–Kier alpha value is 0.350. The molecule has 0 radical (unpaired) electrons. The SMILES string of the molecule is CCC(CC)C(NN)c1cc(Br)ccc1I. The second kappa shape index (κ2) is 6.93. The van der Waals surface area contributed by atoms with Crippen molar-refractivity contribution in [3.63, 3.8) is 0 Å². The normalized spacial score (nSPS) is 13.1. The summed E-state index contributed by atoms with van der Waals surface area (Å²) >= 11 is 5.88. The lowest BCUT2D eigenvalue weighted by molar-refractivity contribution is 0.344. The third-order valence-corrected chi connectivity index (χ3v) is 4.47. The number of hydrogen-bond donors (Lipinski definition) is 2. The van der Waals surface area contributed by atoms with E-state index < -0.39 is 0 Å². The average Bonchev–Trinajstić information content (AvgIpc) is 2.29. The molecule has 1 aromatic carbocycles. The molecule has 1 atom stereocenters. The molecule has 16 heavy (non-hydrogen) atoms. The molecule has 0 spiro atoms. The molecular weight excluding hydrogens is 379 g/mol. The van der Waals surface area contributed by atoms with E-state index in [0.29, 0.717) is 5.92 Å². The molecule has 1 unspecified atom stereocenters. The number of nitrogens with one attached hydrogen (secondary N) is 1. The van der Waals surface area contributed by atoms with E-state index in [2.05, 4.69) is 76.0 Å². The zero-order chi connectivity index (χ0) is 12.1. The molecule has 1 rings (SSSR count). The maximum atomic E-state index is 5.71. The average molecular weight is 397 g/mol. The Bertz CT molecular complexity index is 340. The fourth-order valence-corrected chi connectivity index (χ4v) is 3.04. The van der Waals surface area contributed by atoms with Crippen molar-refractivity contribution in [2.45, 2.75) is 32.7 Å². The minimum atomic E-state index is 0.236. The van der Waals surface area contributed by atoms with Gasteiger partial charge in [0.1, 0.15) is 0 Å². The van der Waals surface area contributed by atoms with E-state index in [0.717, 1.165) is 17.3 Å². The third-order valence-electron chi connectivity index (χ3n) is 2.99. The molecule has 0 fully saturated rings. The molecule has 3 N–H and O–H groups in total. The smallest absolute Gasteiger partial charge is 0.0498 e. The quantitative estimate of drug-likeness (QED) is 0.448. The van der Waals surface area contributed by atoms with Gasteiger partial charge in [0.25, 0.3) is 0 Å². The van der Waals surface area contributed by atoms with E-state index >= 15 is 0 Å². The van der Waals surface area contributed by atoms with E-state index in [1.165, 1.54) is 9.13 Å². The summed E-state index contributed by atoms with van der Waals surface area (Å²) in [6, 6.07) is 6.57. The minimum Gasteiger partial charge on any atom is -0.271 e. The van der Waals surface area contributed by atoms with Gasteiger partial charge < -0.3 is 0 Å². The number of nitrogens with two attached hydrogens (primary N) is 1. The lowest BCUT2D eigenvalue weighted by Crippen LogP contribution is -2.33. The summed E-state index contributed by atoms with van der Waals surface area (Å²) in [7, 11) is 0. The number of hydrazine groups is 1. The van der Waals surface area contributed by atoms with Crippen molar-refractivity contribution in [3.05, 3.63) is 31.8 Å². The Balaban J connectivity index is 3.06. The standard InChI is InChI=1S/C12H18BrIN2/c1-3-8(4-2)12(16-15)10-7-9(13)5-6-11(10)14/h5-8,12,16H,3-4,15H2,1-2H3. The summed E-state index contributed by atoms with van der Waals surface area (Å²) in [6.07, 6.45) is 2.27. The van der Waals surface area contributed by atoms with Gasteiger partial charge in [-0.25, -0.2) is 0 Å². The van der Waals surface area contributed by atoms with Crippen LogP contribution in [0, 0.1) is 9.49 Å². The Labute approximate surface area is 120 Å². The molecule has 0 bridgehead atoms. The van der Waals surface area contributed by atoms with Crippen molar-refractivity contribution < 1.29 is 0 Å². The van der Waals surface area contributed by atoms with Crippen LogP contribution in [0.1, 0.15) is 38.3 Å². The van der Waals surface area contributed by atoms with Crippen LogP contribution in [0.4, 0.5) is 0 Å². The first-order chi connectivity index (χ1) is 7.63. The van der Waals surface area contributed by atoms with Crippen molar-refractivity contribution in [2.75, 3.05) is 0 Å². The van der Waals surface area contributed by atoms with E-state index in [1.54, 1.807) is 0 Å². The molecule has 0 saturated heterocycles. The third kappa shape index (κ3) is 3.42. The van der Waals surface area contributed by atoms with Gasteiger partial charge >= 0.3 is 0 Å². The molecule has 0 aromatic heterocycles. The zero-order valence-corrected chi connectivity index (χ0v) is 13.4. The molecule has 0 aliphatic heterocycles. The summed E-state index contributed by atoms with van der Waals surface area (Å²) in [4.78, 5) is 0. The van der Waals surface area contributed by atoms with Gasteiger partial charge in [0.15, 0.2) is 0 Å². The predicted octanol–water partition coefficient (Wildman–Crippen LogP) is 3.99. The van der Waals surface area contributed by atoms with Crippen LogP contribution in [0.2, 0.25) is 0 Å². The zero-order valence-electron chi connectivity index (χ0n) is 9.63. The van der Waals surface area contributed by atoms with E-state index in [1.807, 2.05) is 0 Å². The van der Waals surface area contributed by atoms with Crippen LogP contribution in [-0.4, -0.2) is 0 Å². The molecule has 0 aliphatic rings. The van der Waals surface area contributed by atoms with E-state index in [-0.39, 0.29) is 6.04 Å². The monoisotopic (exact) mass is 396 g/mol. The van der Waals surface area contributed by atoms with Crippen molar-refractivity contribution in [2.24, 2.45) is 11.8 Å².